The molecule has 0 N–H and O–H groups in total. The minimum absolute atomic E-state index is 0.473. The van der Waals surface area contributed by atoms with Crippen LogP contribution in [0, 0.1) is 0 Å². The summed E-state index contributed by atoms with van der Waals surface area (Å²) in [5.74, 6) is 0. The van der Waals surface area contributed by atoms with Crippen molar-refractivity contribution in [3.05, 3.63) is 21.3 Å². The SMILES string of the molecule is FC1CN(c2c(Br)cncc2Br)C1. The highest BCUT2D eigenvalue weighted by atomic mass is 79.9. The summed E-state index contributed by atoms with van der Waals surface area (Å²) >= 11 is 6.77. The summed E-state index contributed by atoms with van der Waals surface area (Å²) in [4.78, 5) is 5.96. The van der Waals surface area contributed by atoms with Crippen LogP contribution in [0.25, 0.3) is 0 Å². The predicted molar refractivity (Wildman–Crippen MR) is 56.7 cm³/mol. The summed E-state index contributed by atoms with van der Waals surface area (Å²) in [5, 5.41) is 0. The lowest BCUT2D eigenvalue weighted by molar-refractivity contribution is 0.274. The molecule has 1 aliphatic rings. The van der Waals surface area contributed by atoms with Crippen LogP contribution in [0.5, 0.6) is 0 Å². The van der Waals surface area contributed by atoms with Crippen LogP contribution >= 0.6 is 31.9 Å². The first-order valence-corrected chi connectivity index (χ1v) is 5.45. The number of halogens is 3. The average Bonchev–Trinajstić information content (AvgIpc) is 2.00. The van der Waals surface area contributed by atoms with Crippen LogP contribution in [0.2, 0.25) is 0 Å². The van der Waals surface area contributed by atoms with Gasteiger partial charge in [-0.3, -0.25) is 4.98 Å². The third-order valence-electron chi connectivity index (χ3n) is 1.98. The van der Waals surface area contributed by atoms with E-state index in [1.807, 2.05) is 4.90 Å². The monoisotopic (exact) mass is 308 g/mol. The van der Waals surface area contributed by atoms with E-state index < -0.39 is 6.17 Å². The third kappa shape index (κ3) is 1.72. The molecule has 0 aromatic carbocycles. The Hall–Kier alpha value is -0.160. The van der Waals surface area contributed by atoms with E-state index in [1.54, 1.807) is 12.4 Å². The van der Waals surface area contributed by atoms with E-state index >= 15 is 0 Å². The van der Waals surface area contributed by atoms with Gasteiger partial charge in [-0.05, 0) is 31.9 Å². The molecule has 1 aliphatic heterocycles. The van der Waals surface area contributed by atoms with E-state index in [1.165, 1.54) is 0 Å². The average molecular weight is 310 g/mol. The molecule has 1 aromatic rings. The fourth-order valence-electron chi connectivity index (χ4n) is 1.31. The lowest BCUT2D eigenvalue weighted by Gasteiger charge is -2.37. The standard InChI is InChI=1S/C8H7Br2FN2/c9-6-1-12-2-7(10)8(6)13-3-5(11)4-13/h1-2,5H,3-4H2. The van der Waals surface area contributed by atoms with Gasteiger partial charge in [-0.2, -0.15) is 0 Å². The normalized spacial score (nSPS) is 17.3. The Balaban J connectivity index is 2.29. The maximum Gasteiger partial charge on any atom is 0.135 e. The fourth-order valence-corrected chi connectivity index (χ4v) is 2.75. The van der Waals surface area contributed by atoms with Gasteiger partial charge in [-0.15, -0.1) is 0 Å². The summed E-state index contributed by atoms with van der Waals surface area (Å²) in [7, 11) is 0. The van der Waals surface area contributed by atoms with Crippen molar-refractivity contribution >= 4 is 37.5 Å². The van der Waals surface area contributed by atoms with Gasteiger partial charge in [-0.1, -0.05) is 0 Å². The van der Waals surface area contributed by atoms with Gasteiger partial charge in [0.05, 0.1) is 27.7 Å². The van der Waals surface area contributed by atoms with Crippen LogP contribution in [-0.4, -0.2) is 24.2 Å². The van der Waals surface area contributed by atoms with Gasteiger partial charge >= 0.3 is 0 Å². The van der Waals surface area contributed by atoms with E-state index in [9.17, 15) is 4.39 Å². The molecule has 0 aliphatic carbocycles. The Morgan fingerprint density at radius 2 is 1.85 bits per heavy atom. The Labute approximate surface area is 92.4 Å². The highest BCUT2D eigenvalue weighted by Gasteiger charge is 2.28. The van der Waals surface area contributed by atoms with E-state index in [4.69, 9.17) is 0 Å². The lowest BCUT2D eigenvalue weighted by atomic mass is 10.1. The first kappa shape index (κ1) is 9.40. The van der Waals surface area contributed by atoms with Gasteiger partial charge in [0.1, 0.15) is 6.17 Å². The van der Waals surface area contributed by atoms with E-state index in [-0.39, 0.29) is 0 Å². The molecule has 70 valence electrons. The molecule has 2 heterocycles. The van der Waals surface area contributed by atoms with Crippen molar-refractivity contribution in [2.24, 2.45) is 0 Å². The largest absolute Gasteiger partial charge is 0.364 e. The third-order valence-corrected chi connectivity index (χ3v) is 3.14. The number of hydrogen-bond donors (Lipinski definition) is 0. The Bertz CT molecular complexity index is 306. The highest BCUT2D eigenvalue weighted by molar-refractivity contribution is 9.11. The highest BCUT2D eigenvalue weighted by Crippen LogP contribution is 2.35. The predicted octanol–water partition coefficient (Wildman–Crippen LogP) is 2.76. The van der Waals surface area contributed by atoms with Crippen LogP contribution in [0.15, 0.2) is 21.3 Å². The second-order valence-electron chi connectivity index (χ2n) is 2.95. The van der Waals surface area contributed by atoms with Crippen molar-refractivity contribution in [2.75, 3.05) is 18.0 Å². The zero-order valence-corrected chi connectivity index (χ0v) is 9.85. The number of rotatable bonds is 1. The van der Waals surface area contributed by atoms with Crippen LogP contribution in [-0.2, 0) is 0 Å². The molecule has 0 radical (unpaired) electrons. The quantitative estimate of drug-likeness (QED) is 0.793. The first-order chi connectivity index (χ1) is 6.18. The second kappa shape index (κ2) is 3.53. The summed E-state index contributed by atoms with van der Waals surface area (Å²) in [6.07, 6.45) is 2.74. The van der Waals surface area contributed by atoms with E-state index in [0.29, 0.717) is 13.1 Å². The molecule has 0 bridgehead atoms. The minimum Gasteiger partial charge on any atom is -0.364 e. The van der Waals surface area contributed by atoms with Gasteiger partial charge in [0.25, 0.3) is 0 Å². The van der Waals surface area contributed by atoms with Crippen molar-refractivity contribution < 1.29 is 4.39 Å². The van der Waals surface area contributed by atoms with Crippen LogP contribution < -0.4 is 4.90 Å². The second-order valence-corrected chi connectivity index (χ2v) is 4.66. The summed E-state index contributed by atoms with van der Waals surface area (Å²) in [6.45, 7) is 0.947. The first-order valence-electron chi connectivity index (χ1n) is 3.86. The summed E-state index contributed by atoms with van der Waals surface area (Å²) in [5.41, 5.74) is 0.990. The number of aromatic nitrogens is 1. The van der Waals surface area contributed by atoms with Gasteiger partial charge < -0.3 is 4.90 Å². The molecule has 5 heteroatoms. The number of alkyl halides is 1. The maximum absolute atomic E-state index is 12.6. The van der Waals surface area contributed by atoms with Crippen molar-refractivity contribution in [1.29, 1.82) is 0 Å². The van der Waals surface area contributed by atoms with Crippen molar-refractivity contribution in [2.45, 2.75) is 6.17 Å². The zero-order chi connectivity index (χ0) is 9.42. The van der Waals surface area contributed by atoms with Crippen LogP contribution in [0.1, 0.15) is 0 Å². The molecular weight excluding hydrogens is 303 g/mol. The van der Waals surface area contributed by atoms with Crippen molar-refractivity contribution in [3.63, 3.8) is 0 Å². The molecule has 0 unspecified atom stereocenters. The van der Waals surface area contributed by atoms with Crippen molar-refractivity contribution in [3.8, 4) is 0 Å². The molecule has 1 aromatic heterocycles. The molecule has 0 amide bonds. The molecule has 1 saturated heterocycles. The maximum atomic E-state index is 12.6. The summed E-state index contributed by atoms with van der Waals surface area (Å²) < 4.78 is 14.4. The van der Waals surface area contributed by atoms with Gasteiger partial charge in [0.15, 0.2) is 0 Å². The molecule has 2 rings (SSSR count). The Morgan fingerprint density at radius 1 is 1.31 bits per heavy atom. The molecule has 1 fully saturated rings. The van der Waals surface area contributed by atoms with Crippen LogP contribution in [0.3, 0.4) is 0 Å². The number of nitrogens with zero attached hydrogens (tertiary/aromatic N) is 2. The fraction of sp³-hybridized carbons (Fsp3) is 0.375. The summed E-state index contributed by atoms with van der Waals surface area (Å²) in [6, 6.07) is 0. The molecular formula is C8H7Br2FN2. The zero-order valence-electron chi connectivity index (χ0n) is 6.67. The molecule has 0 spiro atoms. The van der Waals surface area contributed by atoms with Crippen LogP contribution in [0.4, 0.5) is 10.1 Å². The Kier molecular flexibility index (Phi) is 2.55. The Morgan fingerprint density at radius 3 is 2.31 bits per heavy atom. The van der Waals surface area contributed by atoms with Gasteiger partial charge in [0, 0.05) is 12.4 Å². The molecule has 0 saturated carbocycles. The van der Waals surface area contributed by atoms with E-state index in [2.05, 4.69) is 36.8 Å². The van der Waals surface area contributed by atoms with Gasteiger partial charge in [0.2, 0.25) is 0 Å². The topological polar surface area (TPSA) is 16.1 Å². The molecule has 2 nitrogen and oxygen atoms in total. The minimum atomic E-state index is -0.688. The molecule has 13 heavy (non-hydrogen) atoms. The van der Waals surface area contributed by atoms with E-state index in [0.717, 1.165) is 14.6 Å². The van der Waals surface area contributed by atoms with Gasteiger partial charge in [-0.25, -0.2) is 4.39 Å². The molecule has 0 atom stereocenters. The number of pyridine rings is 1. The lowest BCUT2D eigenvalue weighted by Crippen LogP contribution is -2.48. The smallest absolute Gasteiger partial charge is 0.135 e. The number of hydrogen-bond acceptors (Lipinski definition) is 2. The number of anilines is 1. The van der Waals surface area contributed by atoms with Crippen molar-refractivity contribution in [1.82, 2.24) is 4.98 Å².